The van der Waals surface area contributed by atoms with Gasteiger partial charge in [-0.3, -0.25) is 0 Å². The number of aliphatic hydroxyl groups is 1. The fourth-order valence-electron chi connectivity index (χ4n) is 3.08. The molecule has 19 heavy (non-hydrogen) atoms. The van der Waals surface area contributed by atoms with Gasteiger partial charge in [-0.05, 0) is 44.6 Å². The van der Waals surface area contributed by atoms with E-state index in [1.54, 1.807) is 31.3 Å². The Bertz CT molecular complexity index is 481. The predicted molar refractivity (Wildman–Crippen MR) is 77.4 cm³/mol. The Morgan fingerprint density at radius 3 is 2.47 bits per heavy atom. The van der Waals surface area contributed by atoms with Gasteiger partial charge in [0, 0.05) is 16.6 Å². The molecular formula is C16H25NO2. The van der Waals surface area contributed by atoms with Gasteiger partial charge in [0.1, 0.15) is 5.75 Å². The molecule has 0 spiro atoms. The quantitative estimate of drug-likeness (QED) is 0.880. The molecule has 0 amide bonds. The van der Waals surface area contributed by atoms with Crippen molar-refractivity contribution in [2.75, 3.05) is 20.6 Å². The van der Waals surface area contributed by atoms with E-state index in [-0.39, 0.29) is 18.2 Å². The van der Waals surface area contributed by atoms with Gasteiger partial charge in [-0.25, -0.2) is 0 Å². The molecule has 0 aromatic heterocycles. The van der Waals surface area contributed by atoms with Gasteiger partial charge in [-0.1, -0.05) is 31.4 Å². The molecule has 0 heterocycles. The molecule has 3 nitrogen and oxygen atoms in total. The van der Waals surface area contributed by atoms with Crippen LogP contribution >= 0.6 is 0 Å². The van der Waals surface area contributed by atoms with Crippen LogP contribution in [0.1, 0.15) is 47.7 Å². The molecule has 1 saturated carbocycles. The minimum atomic E-state index is -2.18. The molecule has 3 heteroatoms. The van der Waals surface area contributed by atoms with E-state index in [0.29, 0.717) is 12.8 Å². The number of hydrogen-bond acceptors (Lipinski definition) is 3. The fourth-order valence-corrected chi connectivity index (χ4v) is 3.08. The van der Waals surface area contributed by atoms with E-state index in [0.717, 1.165) is 24.8 Å². The van der Waals surface area contributed by atoms with Crippen molar-refractivity contribution in [3.63, 3.8) is 0 Å². The lowest BCUT2D eigenvalue weighted by Gasteiger charge is -2.40. The van der Waals surface area contributed by atoms with Gasteiger partial charge < -0.3 is 15.1 Å². The summed E-state index contributed by atoms with van der Waals surface area (Å²) in [7, 11) is 1.56. The van der Waals surface area contributed by atoms with Crippen LogP contribution in [0.2, 0.25) is 0 Å². The first kappa shape index (κ1) is 10.7. The number of phenolic OH excluding ortho intramolecular Hbond substituents is 1. The third kappa shape index (κ3) is 3.48. The van der Waals surface area contributed by atoms with Gasteiger partial charge in [-0.15, -0.1) is 0 Å². The predicted octanol–water partition coefficient (Wildman–Crippen LogP) is 2.73. The summed E-state index contributed by atoms with van der Waals surface area (Å²) in [5.74, 6) is -0.110. The van der Waals surface area contributed by atoms with Crippen LogP contribution < -0.4 is 0 Å². The maximum atomic E-state index is 11.1. The maximum Gasteiger partial charge on any atom is 0.115 e. The number of rotatable bonds is 4. The molecule has 106 valence electrons. The molecule has 1 atom stereocenters. The summed E-state index contributed by atoms with van der Waals surface area (Å²) in [6.45, 7) is -1.92. The molecular weight excluding hydrogens is 238 g/mol. The minimum absolute atomic E-state index is 0.169. The monoisotopic (exact) mass is 266 g/mol. The zero-order valence-electron chi connectivity index (χ0n) is 14.5. The van der Waals surface area contributed by atoms with Gasteiger partial charge in [0.15, 0.2) is 0 Å². The molecule has 1 aliphatic rings. The lowest BCUT2D eigenvalue weighted by molar-refractivity contribution is -0.0277. The Morgan fingerprint density at radius 2 is 1.89 bits per heavy atom. The maximum absolute atomic E-state index is 11.1. The van der Waals surface area contributed by atoms with Gasteiger partial charge in [0.25, 0.3) is 0 Å². The second kappa shape index (κ2) is 5.93. The van der Waals surface area contributed by atoms with Crippen molar-refractivity contribution in [1.29, 1.82) is 0 Å². The third-order valence-electron chi connectivity index (χ3n) is 4.12. The van der Waals surface area contributed by atoms with Crippen LogP contribution in [0.15, 0.2) is 24.3 Å². The second-order valence-corrected chi connectivity index (χ2v) is 5.69. The molecule has 2 rings (SSSR count). The summed E-state index contributed by atoms with van der Waals surface area (Å²) in [5, 5.41) is 20.6. The minimum Gasteiger partial charge on any atom is -0.508 e. The van der Waals surface area contributed by atoms with Crippen LogP contribution in [-0.4, -0.2) is 41.3 Å². The molecule has 0 aliphatic heterocycles. The van der Waals surface area contributed by atoms with Gasteiger partial charge in [0.05, 0.1) is 5.60 Å². The van der Waals surface area contributed by atoms with Crippen molar-refractivity contribution in [1.82, 2.24) is 4.90 Å². The van der Waals surface area contributed by atoms with E-state index >= 15 is 0 Å². The number of likely N-dealkylation sites (N-methyl/N-ethyl adjacent to an activating group) is 1. The Morgan fingerprint density at radius 1 is 1.26 bits per heavy atom. The Labute approximate surface area is 120 Å². The van der Waals surface area contributed by atoms with Crippen LogP contribution in [0.5, 0.6) is 5.75 Å². The van der Waals surface area contributed by atoms with E-state index in [4.69, 9.17) is 4.11 Å². The molecule has 1 aromatic carbocycles. The number of hydrogen-bond donors (Lipinski definition) is 2. The summed E-state index contributed by atoms with van der Waals surface area (Å²) in [4.78, 5) is 1.32. The van der Waals surface area contributed by atoms with Crippen molar-refractivity contribution in [2.24, 2.45) is 0 Å². The number of benzene rings is 1. The highest BCUT2D eigenvalue weighted by Crippen LogP contribution is 2.40. The number of nitrogens with zero attached hydrogens (tertiary/aromatic N) is 1. The lowest BCUT2D eigenvalue weighted by Crippen LogP contribution is -2.42. The van der Waals surface area contributed by atoms with E-state index < -0.39 is 12.6 Å². The first-order valence-corrected chi connectivity index (χ1v) is 6.95. The van der Waals surface area contributed by atoms with Gasteiger partial charge in [0.2, 0.25) is 0 Å². The molecule has 1 aromatic rings. The normalized spacial score (nSPS) is 23.4. The highest BCUT2D eigenvalue weighted by Gasteiger charge is 2.38. The Balaban J connectivity index is 2.29. The summed E-state index contributed by atoms with van der Waals surface area (Å²) in [5.41, 5.74) is -0.00680. The van der Waals surface area contributed by atoms with Crippen molar-refractivity contribution < 1.29 is 14.3 Å². The molecule has 1 fully saturated rings. The molecule has 1 aliphatic carbocycles. The zero-order chi connectivity index (χ0) is 16.4. The molecule has 0 radical (unpaired) electrons. The van der Waals surface area contributed by atoms with E-state index in [1.165, 1.54) is 4.90 Å². The summed E-state index contributed by atoms with van der Waals surface area (Å²) in [6, 6.07) is 6.73. The third-order valence-corrected chi connectivity index (χ3v) is 4.12. The van der Waals surface area contributed by atoms with Crippen molar-refractivity contribution >= 4 is 0 Å². The van der Waals surface area contributed by atoms with E-state index in [1.807, 2.05) is 0 Å². The van der Waals surface area contributed by atoms with Gasteiger partial charge >= 0.3 is 0 Å². The van der Waals surface area contributed by atoms with Crippen LogP contribution in [-0.2, 0) is 0 Å². The first-order chi connectivity index (χ1) is 10.2. The lowest BCUT2D eigenvalue weighted by atomic mass is 9.72. The highest BCUT2D eigenvalue weighted by molar-refractivity contribution is 5.30. The number of aromatic hydroxyl groups is 1. The smallest absolute Gasteiger partial charge is 0.115 e. The average molecular weight is 266 g/mol. The second-order valence-electron chi connectivity index (χ2n) is 5.69. The van der Waals surface area contributed by atoms with E-state index in [9.17, 15) is 10.2 Å². The van der Waals surface area contributed by atoms with Crippen molar-refractivity contribution in [3.8, 4) is 5.75 Å². The van der Waals surface area contributed by atoms with Crippen molar-refractivity contribution in [3.05, 3.63) is 29.8 Å². The van der Waals surface area contributed by atoms with Crippen LogP contribution in [0.25, 0.3) is 0 Å². The van der Waals surface area contributed by atoms with Crippen LogP contribution in [0.3, 0.4) is 0 Å². The van der Waals surface area contributed by atoms with E-state index in [2.05, 4.69) is 0 Å². The SMILES string of the molecule is [2H]C([2H])([2H])N(C)CC(c1ccc(O)cc1)C1(O)CCCCC1. The first-order valence-electron chi connectivity index (χ1n) is 8.45. The summed E-state index contributed by atoms with van der Waals surface area (Å²) in [6.07, 6.45) is 4.41. The summed E-state index contributed by atoms with van der Waals surface area (Å²) >= 11 is 0. The standard InChI is InChI=1S/C16H25NO2/c1-17(2)12-15(13-6-8-14(18)9-7-13)16(19)10-4-3-5-11-16/h6-9,15,18-19H,3-5,10-12H2,1-2H3/i1D3. The Kier molecular flexibility index (Phi) is 3.34. The highest BCUT2D eigenvalue weighted by atomic mass is 16.3. The fraction of sp³-hybridized carbons (Fsp3) is 0.625. The Hall–Kier alpha value is -1.06. The topological polar surface area (TPSA) is 43.7 Å². The van der Waals surface area contributed by atoms with Crippen molar-refractivity contribution in [2.45, 2.75) is 43.6 Å². The summed E-state index contributed by atoms with van der Waals surface area (Å²) < 4.78 is 22.6. The molecule has 0 bridgehead atoms. The van der Waals surface area contributed by atoms with Crippen LogP contribution in [0.4, 0.5) is 0 Å². The molecule has 2 N–H and O–H groups in total. The zero-order valence-corrected chi connectivity index (χ0v) is 11.5. The average Bonchev–Trinajstić information content (AvgIpc) is 2.45. The number of phenols is 1. The van der Waals surface area contributed by atoms with Gasteiger partial charge in [-0.2, -0.15) is 0 Å². The molecule has 0 saturated heterocycles. The molecule has 1 unspecified atom stereocenters. The largest absolute Gasteiger partial charge is 0.508 e. The van der Waals surface area contributed by atoms with Crippen LogP contribution in [0, 0.1) is 0 Å².